The maximum atomic E-state index is 10.2. The highest BCUT2D eigenvalue weighted by atomic mass is 17.0. The second-order valence-electron chi connectivity index (χ2n) is 1.58. The molecule has 7 nitrogen and oxygen atoms in total. The molecule has 0 radical (unpaired) electrons. The summed E-state index contributed by atoms with van der Waals surface area (Å²) in [4.78, 5) is 32.9. The Bertz CT molecular complexity index is 187. The number of carboxylic acid groups (broad SMARTS) is 1. The van der Waals surface area contributed by atoms with Crippen LogP contribution in [0.15, 0.2) is 0 Å². The van der Waals surface area contributed by atoms with Crippen LogP contribution in [0.4, 0.5) is 0 Å². The summed E-state index contributed by atoms with van der Waals surface area (Å²) in [6.07, 6.45) is -0.955. The fraction of sp³-hybridized carbons (Fsp3) is 0.500. The lowest BCUT2D eigenvalue weighted by atomic mass is 10.3. The number of carbonyl (C=O) groups is 2. The van der Waals surface area contributed by atoms with E-state index in [0.29, 0.717) is 0 Å². The summed E-state index contributed by atoms with van der Waals surface area (Å²) in [7, 11) is 0. The van der Waals surface area contributed by atoms with Crippen LogP contribution in [0.2, 0.25) is 0 Å². The highest BCUT2D eigenvalue weighted by Crippen LogP contribution is 1.92. The SMILES string of the molecule is O=C(O)CCC(=O)O[N+](=O)[O-]. The molecule has 7 heteroatoms. The van der Waals surface area contributed by atoms with Gasteiger partial charge < -0.3 is 5.11 Å². The van der Waals surface area contributed by atoms with Gasteiger partial charge in [-0.15, -0.1) is 10.1 Å². The molecule has 0 aromatic carbocycles. The van der Waals surface area contributed by atoms with Crippen molar-refractivity contribution in [2.45, 2.75) is 12.8 Å². The lowest BCUT2D eigenvalue weighted by Crippen LogP contribution is -2.11. The molecular weight excluding hydrogens is 158 g/mol. The Morgan fingerprint density at radius 1 is 1.45 bits per heavy atom. The smallest absolute Gasteiger partial charge is 0.304 e. The van der Waals surface area contributed by atoms with Gasteiger partial charge in [0.15, 0.2) is 0 Å². The molecule has 0 aliphatic heterocycles. The molecule has 0 saturated heterocycles. The Kier molecular flexibility index (Phi) is 3.57. The van der Waals surface area contributed by atoms with Gasteiger partial charge in [-0.3, -0.25) is 9.59 Å². The molecule has 0 unspecified atom stereocenters. The van der Waals surface area contributed by atoms with Crippen molar-refractivity contribution in [1.82, 2.24) is 0 Å². The first kappa shape index (κ1) is 9.34. The van der Waals surface area contributed by atoms with Crippen LogP contribution >= 0.6 is 0 Å². The Morgan fingerprint density at radius 3 is 2.36 bits per heavy atom. The molecular formula is C4H5NO6. The quantitative estimate of drug-likeness (QED) is 0.445. The number of rotatable bonds is 4. The zero-order valence-corrected chi connectivity index (χ0v) is 5.35. The highest BCUT2D eigenvalue weighted by molar-refractivity contribution is 5.76. The summed E-state index contributed by atoms with van der Waals surface area (Å²) in [6.45, 7) is 0. The molecule has 0 aliphatic rings. The second kappa shape index (κ2) is 4.20. The van der Waals surface area contributed by atoms with E-state index in [2.05, 4.69) is 4.84 Å². The zero-order valence-electron chi connectivity index (χ0n) is 5.35. The van der Waals surface area contributed by atoms with Crippen molar-refractivity contribution in [3.8, 4) is 0 Å². The fourth-order valence-electron chi connectivity index (χ4n) is 0.338. The van der Waals surface area contributed by atoms with Gasteiger partial charge in [0.05, 0.1) is 6.42 Å². The van der Waals surface area contributed by atoms with Crippen molar-refractivity contribution >= 4 is 11.9 Å². The van der Waals surface area contributed by atoms with E-state index in [4.69, 9.17) is 5.11 Å². The van der Waals surface area contributed by atoms with Crippen LogP contribution in [0.1, 0.15) is 12.8 Å². The fourth-order valence-corrected chi connectivity index (χ4v) is 0.338. The zero-order chi connectivity index (χ0) is 8.85. The first-order valence-corrected chi connectivity index (χ1v) is 2.59. The summed E-state index contributed by atoms with van der Waals surface area (Å²) in [6, 6.07) is 0. The van der Waals surface area contributed by atoms with E-state index in [9.17, 15) is 19.7 Å². The average molecular weight is 163 g/mol. The lowest BCUT2D eigenvalue weighted by molar-refractivity contribution is -0.729. The summed E-state index contributed by atoms with van der Waals surface area (Å²) in [5, 5.41) is 16.2. The highest BCUT2D eigenvalue weighted by Gasteiger charge is 2.08. The third kappa shape index (κ3) is 6.22. The first-order chi connectivity index (χ1) is 5.02. The molecule has 62 valence electrons. The van der Waals surface area contributed by atoms with Gasteiger partial charge in [-0.1, -0.05) is 0 Å². The maximum Gasteiger partial charge on any atom is 0.304 e. The number of aliphatic carboxylic acids is 1. The molecule has 0 aromatic heterocycles. The van der Waals surface area contributed by atoms with Crippen molar-refractivity contribution in [2.24, 2.45) is 0 Å². The van der Waals surface area contributed by atoms with Crippen LogP contribution in [-0.4, -0.2) is 22.1 Å². The van der Waals surface area contributed by atoms with Crippen LogP contribution in [-0.2, 0) is 14.4 Å². The van der Waals surface area contributed by atoms with Crippen LogP contribution < -0.4 is 0 Å². The Morgan fingerprint density at radius 2 is 2.00 bits per heavy atom. The predicted molar refractivity (Wildman–Crippen MR) is 30.0 cm³/mol. The van der Waals surface area contributed by atoms with Gasteiger partial charge in [-0.25, -0.2) is 4.84 Å². The molecule has 0 atom stereocenters. The number of hydrogen-bond donors (Lipinski definition) is 1. The van der Waals surface area contributed by atoms with E-state index in [-0.39, 0.29) is 0 Å². The third-order valence-electron chi connectivity index (χ3n) is 0.719. The molecule has 1 N–H and O–H groups in total. The number of hydrogen-bond acceptors (Lipinski definition) is 5. The van der Waals surface area contributed by atoms with E-state index < -0.39 is 29.9 Å². The van der Waals surface area contributed by atoms with Crippen LogP contribution in [0.25, 0.3) is 0 Å². The maximum absolute atomic E-state index is 10.2. The topological polar surface area (TPSA) is 107 Å². The first-order valence-electron chi connectivity index (χ1n) is 2.59. The van der Waals surface area contributed by atoms with E-state index in [1.807, 2.05) is 0 Å². The Balaban J connectivity index is 3.53. The summed E-state index contributed by atoms with van der Waals surface area (Å²) in [5.74, 6) is -2.36. The van der Waals surface area contributed by atoms with E-state index in [0.717, 1.165) is 0 Å². The molecule has 0 rings (SSSR count). The van der Waals surface area contributed by atoms with Gasteiger partial charge in [0.1, 0.15) is 0 Å². The summed E-state index contributed by atoms with van der Waals surface area (Å²) in [5.41, 5.74) is 0. The van der Waals surface area contributed by atoms with Crippen molar-refractivity contribution in [3.63, 3.8) is 0 Å². The second-order valence-corrected chi connectivity index (χ2v) is 1.58. The van der Waals surface area contributed by atoms with Crippen molar-refractivity contribution in [2.75, 3.05) is 0 Å². The molecule has 0 saturated carbocycles. The standard InChI is InChI=1S/C4H5NO6/c6-3(7)1-2-4(8)11-5(9)10/h1-2H2,(H,6,7). The summed E-state index contributed by atoms with van der Waals surface area (Å²) >= 11 is 0. The Hall–Kier alpha value is -1.66. The summed E-state index contributed by atoms with van der Waals surface area (Å²) < 4.78 is 0. The number of carbonyl (C=O) groups excluding carboxylic acids is 1. The predicted octanol–water partition coefficient (Wildman–Crippen LogP) is -0.414. The molecule has 0 aliphatic carbocycles. The van der Waals surface area contributed by atoms with Gasteiger partial charge in [0.2, 0.25) is 0 Å². The minimum atomic E-state index is -1.27. The van der Waals surface area contributed by atoms with Gasteiger partial charge in [0, 0.05) is 6.42 Å². The molecule has 0 amide bonds. The van der Waals surface area contributed by atoms with Crippen molar-refractivity contribution in [1.29, 1.82) is 0 Å². The van der Waals surface area contributed by atoms with Crippen molar-refractivity contribution in [3.05, 3.63) is 10.1 Å². The average Bonchev–Trinajstić information content (AvgIpc) is 1.82. The largest absolute Gasteiger partial charge is 0.481 e. The molecule has 0 heterocycles. The molecule has 0 spiro atoms. The van der Waals surface area contributed by atoms with E-state index in [1.54, 1.807) is 0 Å². The van der Waals surface area contributed by atoms with Crippen molar-refractivity contribution < 1.29 is 24.6 Å². The van der Waals surface area contributed by atoms with Gasteiger partial charge >= 0.3 is 17.0 Å². The minimum Gasteiger partial charge on any atom is -0.481 e. The normalized spacial score (nSPS) is 8.73. The Labute approximate surface area is 60.7 Å². The van der Waals surface area contributed by atoms with Gasteiger partial charge in [0.25, 0.3) is 0 Å². The van der Waals surface area contributed by atoms with Gasteiger partial charge in [-0.05, 0) is 0 Å². The van der Waals surface area contributed by atoms with Crippen LogP contribution in [0, 0.1) is 10.1 Å². The molecule has 0 fully saturated rings. The monoisotopic (exact) mass is 163 g/mol. The van der Waals surface area contributed by atoms with Gasteiger partial charge in [-0.2, -0.15) is 0 Å². The lowest BCUT2D eigenvalue weighted by Gasteiger charge is -1.92. The van der Waals surface area contributed by atoms with E-state index in [1.165, 1.54) is 0 Å². The number of nitrogens with zero attached hydrogens (tertiary/aromatic N) is 1. The molecule has 0 aromatic rings. The van der Waals surface area contributed by atoms with E-state index >= 15 is 0 Å². The minimum absolute atomic E-state index is 0.466. The third-order valence-corrected chi connectivity index (χ3v) is 0.719. The molecule has 11 heavy (non-hydrogen) atoms. The van der Waals surface area contributed by atoms with Crippen LogP contribution in [0.3, 0.4) is 0 Å². The van der Waals surface area contributed by atoms with Crippen LogP contribution in [0.5, 0.6) is 0 Å². The molecule has 0 bridgehead atoms. The number of carboxylic acids is 1.